The van der Waals surface area contributed by atoms with Crippen molar-refractivity contribution in [3.05, 3.63) is 0 Å². The first kappa shape index (κ1) is 15.9. The van der Waals surface area contributed by atoms with Crippen LogP contribution in [0.4, 0.5) is 0 Å². The summed E-state index contributed by atoms with van der Waals surface area (Å²) in [5.74, 6) is 0.558. The fourth-order valence-electron chi connectivity index (χ4n) is 2.90. The van der Waals surface area contributed by atoms with Crippen molar-refractivity contribution in [3.63, 3.8) is 0 Å². The number of likely N-dealkylation sites (N-methyl/N-ethyl adjacent to an activating group) is 1. The van der Waals surface area contributed by atoms with Gasteiger partial charge in [0.1, 0.15) is 0 Å². The maximum Gasteiger partial charge on any atom is 0.0726 e. The minimum atomic E-state index is -0.206. The summed E-state index contributed by atoms with van der Waals surface area (Å²) >= 11 is 0. The van der Waals surface area contributed by atoms with Crippen LogP contribution < -0.4 is 0 Å². The van der Waals surface area contributed by atoms with Crippen LogP contribution in [0.1, 0.15) is 60.8 Å². The highest BCUT2D eigenvalue weighted by Crippen LogP contribution is 2.31. The van der Waals surface area contributed by atoms with E-state index in [2.05, 4.69) is 46.4 Å². The standard InChI is InChI=1S/C14H31NO/c1-7-14(8-2,15(9-3)10-4)13(16)11-12(5)6/h12-13,16H,7-11H2,1-6H3. The van der Waals surface area contributed by atoms with Crippen molar-refractivity contribution in [2.24, 2.45) is 5.92 Å². The van der Waals surface area contributed by atoms with Crippen LogP contribution in [0.15, 0.2) is 0 Å². The van der Waals surface area contributed by atoms with Crippen LogP contribution in [-0.2, 0) is 0 Å². The van der Waals surface area contributed by atoms with Gasteiger partial charge in [0.2, 0.25) is 0 Å². The zero-order valence-corrected chi connectivity index (χ0v) is 12.1. The van der Waals surface area contributed by atoms with E-state index in [1.165, 1.54) is 0 Å². The summed E-state index contributed by atoms with van der Waals surface area (Å²) in [4.78, 5) is 2.43. The lowest BCUT2D eigenvalue weighted by Crippen LogP contribution is -2.56. The molecule has 0 aromatic carbocycles. The Morgan fingerprint density at radius 2 is 1.44 bits per heavy atom. The highest BCUT2D eigenvalue weighted by molar-refractivity contribution is 4.94. The van der Waals surface area contributed by atoms with Gasteiger partial charge < -0.3 is 5.11 Å². The van der Waals surface area contributed by atoms with Crippen molar-refractivity contribution >= 4 is 0 Å². The molecule has 0 aliphatic carbocycles. The summed E-state index contributed by atoms with van der Waals surface area (Å²) in [5, 5.41) is 10.5. The smallest absolute Gasteiger partial charge is 0.0726 e. The number of aliphatic hydroxyl groups is 1. The van der Waals surface area contributed by atoms with Gasteiger partial charge in [0.05, 0.1) is 6.10 Å². The Hall–Kier alpha value is -0.0800. The Bertz CT molecular complexity index is 172. The molecule has 1 N–H and O–H groups in total. The van der Waals surface area contributed by atoms with E-state index in [0.29, 0.717) is 5.92 Å². The zero-order chi connectivity index (χ0) is 12.8. The minimum Gasteiger partial charge on any atom is -0.391 e. The number of hydrogen-bond donors (Lipinski definition) is 1. The van der Waals surface area contributed by atoms with Gasteiger partial charge in [-0.25, -0.2) is 0 Å². The summed E-state index contributed by atoms with van der Waals surface area (Å²) in [7, 11) is 0. The number of aliphatic hydroxyl groups excluding tert-OH is 1. The molecule has 0 spiro atoms. The Morgan fingerprint density at radius 1 is 1.00 bits per heavy atom. The predicted molar refractivity (Wildman–Crippen MR) is 71.7 cm³/mol. The molecule has 0 saturated heterocycles. The van der Waals surface area contributed by atoms with Crippen LogP contribution in [0.5, 0.6) is 0 Å². The number of hydrogen-bond acceptors (Lipinski definition) is 2. The van der Waals surface area contributed by atoms with E-state index in [1.54, 1.807) is 0 Å². The Kier molecular flexibility index (Phi) is 7.25. The van der Waals surface area contributed by atoms with Gasteiger partial charge in [0.15, 0.2) is 0 Å². The van der Waals surface area contributed by atoms with E-state index in [9.17, 15) is 5.11 Å². The maximum absolute atomic E-state index is 10.5. The highest BCUT2D eigenvalue weighted by atomic mass is 16.3. The zero-order valence-electron chi connectivity index (χ0n) is 12.1. The molecule has 0 radical (unpaired) electrons. The van der Waals surface area contributed by atoms with Crippen molar-refractivity contribution in [2.75, 3.05) is 13.1 Å². The lowest BCUT2D eigenvalue weighted by atomic mass is 9.81. The first-order valence-corrected chi connectivity index (χ1v) is 6.91. The molecule has 2 heteroatoms. The molecule has 0 rings (SSSR count). The summed E-state index contributed by atoms with van der Waals surface area (Å²) in [6.07, 6.45) is 2.75. The molecule has 0 amide bonds. The van der Waals surface area contributed by atoms with Gasteiger partial charge in [-0.1, -0.05) is 41.5 Å². The molecule has 0 aliphatic rings. The fourth-order valence-corrected chi connectivity index (χ4v) is 2.90. The van der Waals surface area contributed by atoms with Gasteiger partial charge in [0.25, 0.3) is 0 Å². The molecular formula is C14H31NO. The molecule has 1 unspecified atom stereocenters. The Labute approximate surface area is 102 Å². The van der Waals surface area contributed by atoms with Crippen LogP contribution in [-0.4, -0.2) is 34.7 Å². The SMILES string of the molecule is CCN(CC)C(CC)(CC)C(O)CC(C)C. The van der Waals surface area contributed by atoms with Crippen molar-refractivity contribution in [1.82, 2.24) is 4.90 Å². The molecule has 16 heavy (non-hydrogen) atoms. The average Bonchev–Trinajstić information content (AvgIpc) is 2.24. The molecule has 1 atom stereocenters. The van der Waals surface area contributed by atoms with E-state index >= 15 is 0 Å². The summed E-state index contributed by atoms with van der Waals surface area (Å²) in [6, 6.07) is 0. The third-order valence-electron chi connectivity index (χ3n) is 3.93. The minimum absolute atomic E-state index is 0.0201. The third kappa shape index (κ3) is 3.46. The van der Waals surface area contributed by atoms with Crippen LogP contribution in [0.25, 0.3) is 0 Å². The average molecular weight is 229 g/mol. The molecule has 2 nitrogen and oxygen atoms in total. The van der Waals surface area contributed by atoms with Crippen molar-refractivity contribution in [2.45, 2.75) is 72.4 Å². The number of rotatable bonds is 8. The summed E-state index contributed by atoms with van der Waals surface area (Å²) in [5.41, 5.74) is -0.0201. The van der Waals surface area contributed by atoms with E-state index in [4.69, 9.17) is 0 Å². The lowest BCUT2D eigenvalue weighted by molar-refractivity contribution is -0.0437. The Balaban J connectivity index is 4.90. The molecule has 0 fully saturated rings. The van der Waals surface area contributed by atoms with Gasteiger partial charge in [0, 0.05) is 5.54 Å². The van der Waals surface area contributed by atoms with Crippen molar-refractivity contribution in [3.8, 4) is 0 Å². The van der Waals surface area contributed by atoms with Crippen LogP contribution >= 0.6 is 0 Å². The van der Waals surface area contributed by atoms with E-state index in [-0.39, 0.29) is 11.6 Å². The van der Waals surface area contributed by atoms with Crippen molar-refractivity contribution in [1.29, 1.82) is 0 Å². The Morgan fingerprint density at radius 3 is 1.69 bits per heavy atom. The topological polar surface area (TPSA) is 23.5 Å². The third-order valence-corrected chi connectivity index (χ3v) is 3.93. The first-order chi connectivity index (χ1) is 7.48. The second kappa shape index (κ2) is 7.29. The van der Waals surface area contributed by atoms with E-state index in [0.717, 1.165) is 32.4 Å². The van der Waals surface area contributed by atoms with Gasteiger partial charge in [-0.3, -0.25) is 4.90 Å². The molecule has 0 saturated carbocycles. The van der Waals surface area contributed by atoms with Crippen LogP contribution in [0.2, 0.25) is 0 Å². The largest absolute Gasteiger partial charge is 0.391 e. The maximum atomic E-state index is 10.5. The molecule has 98 valence electrons. The van der Waals surface area contributed by atoms with Gasteiger partial charge >= 0.3 is 0 Å². The van der Waals surface area contributed by atoms with Crippen LogP contribution in [0.3, 0.4) is 0 Å². The molecule has 0 aromatic heterocycles. The van der Waals surface area contributed by atoms with Gasteiger partial charge in [-0.05, 0) is 38.3 Å². The second-order valence-corrected chi connectivity index (χ2v) is 5.13. The molecule has 0 bridgehead atoms. The van der Waals surface area contributed by atoms with Gasteiger partial charge in [-0.15, -0.1) is 0 Å². The first-order valence-electron chi connectivity index (χ1n) is 6.91. The summed E-state index contributed by atoms with van der Waals surface area (Å²) in [6.45, 7) is 15.2. The normalized spacial score (nSPS) is 14.8. The molecule has 0 aliphatic heterocycles. The molecule has 0 aromatic rings. The quantitative estimate of drug-likeness (QED) is 0.690. The lowest BCUT2D eigenvalue weighted by Gasteiger charge is -2.46. The molecule has 0 heterocycles. The number of nitrogens with zero attached hydrogens (tertiary/aromatic N) is 1. The van der Waals surface area contributed by atoms with Crippen molar-refractivity contribution < 1.29 is 5.11 Å². The second-order valence-electron chi connectivity index (χ2n) is 5.13. The fraction of sp³-hybridized carbons (Fsp3) is 1.00. The van der Waals surface area contributed by atoms with Gasteiger partial charge in [-0.2, -0.15) is 0 Å². The van der Waals surface area contributed by atoms with Crippen LogP contribution in [0, 0.1) is 5.92 Å². The predicted octanol–water partition coefficient (Wildman–Crippen LogP) is 3.29. The molecular weight excluding hydrogens is 198 g/mol. The van der Waals surface area contributed by atoms with E-state index in [1.807, 2.05) is 0 Å². The monoisotopic (exact) mass is 229 g/mol. The van der Waals surface area contributed by atoms with E-state index < -0.39 is 0 Å². The summed E-state index contributed by atoms with van der Waals surface area (Å²) < 4.78 is 0. The highest BCUT2D eigenvalue weighted by Gasteiger charge is 2.38.